The maximum Gasteiger partial charge on any atom is 0.203 e. The van der Waals surface area contributed by atoms with Crippen LogP contribution in [0.2, 0.25) is 0 Å². The molecule has 0 bridgehead atoms. The molecule has 104 valence electrons. The molecule has 2 aliphatic rings. The highest BCUT2D eigenvalue weighted by molar-refractivity contribution is 5.26. The lowest BCUT2D eigenvalue weighted by atomic mass is 10.2. The fourth-order valence-electron chi connectivity index (χ4n) is 2.98. The topological polar surface area (TPSA) is 42.3 Å². The summed E-state index contributed by atoms with van der Waals surface area (Å²) in [6.45, 7) is 8.51. The normalized spacial score (nSPS) is 27.2. The van der Waals surface area contributed by atoms with Crippen molar-refractivity contribution in [1.82, 2.24) is 14.5 Å². The number of hydrogen-bond acceptors (Lipinski definition) is 4. The van der Waals surface area contributed by atoms with Crippen LogP contribution in [-0.2, 0) is 11.3 Å². The van der Waals surface area contributed by atoms with E-state index in [-0.39, 0.29) is 6.10 Å². The molecule has 2 saturated heterocycles. The van der Waals surface area contributed by atoms with Crippen LogP contribution in [0.4, 0.5) is 5.95 Å². The second-order valence-electron chi connectivity index (χ2n) is 5.32. The number of hydrogen-bond donors (Lipinski definition) is 1. The average molecular weight is 262 g/mol. The summed E-state index contributed by atoms with van der Waals surface area (Å²) in [7, 11) is 0. The molecular formula is C14H22N4O. The molecule has 0 saturated carbocycles. The molecule has 1 aromatic heterocycles. The number of nitrogens with one attached hydrogen (secondary N) is 1. The molecule has 0 aliphatic carbocycles. The highest BCUT2D eigenvalue weighted by atomic mass is 16.5. The van der Waals surface area contributed by atoms with Gasteiger partial charge in [-0.15, -0.1) is 6.58 Å². The molecule has 3 rings (SSSR count). The van der Waals surface area contributed by atoms with E-state index in [0.29, 0.717) is 6.04 Å². The molecular weight excluding hydrogens is 240 g/mol. The van der Waals surface area contributed by atoms with Gasteiger partial charge in [-0.05, 0) is 19.4 Å². The SMILES string of the molecule is C=CCn1ccnc1NCC1CN2CCCC2CO1. The van der Waals surface area contributed by atoms with Crippen molar-refractivity contribution in [1.29, 1.82) is 0 Å². The highest BCUT2D eigenvalue weighted by Crippen LogP contribution is 2.22. The number of ether oxygens (including phenoxy) is 1. The standard InChI is InChI=1S/C14H22N4O/c1-2-6-17-8-5-15-14(17)16-9-13-10-18-7-3-4-12(18)11-19-13/h2,5,8,12-13H,1,3-4,6-7,9-11H2,(H,15,16). The first-order valence-electron chi connectivity index (χ1n) is 7.08. The highest BCUT2D eigenvalue weighted by Gasteiger charge is 2.32. The number of imidazole rings is 1. The fraction of sp³-hybridized carbons (Fsp3) is 0.643. The van der Waals surface area contributed by atoms with E-state index in [1.807, 2.05) is 18.5 Å². The third kappa shape index (κ3) is 2.82. The van der Waals surface area contributed by atoms with Crippen molar-refractivity contribution >= 4 is 5.95 Å². The molecule has 5 heteroatoms. The second kappa shape index (κ2) is 5.75. The van der Waals surface area contributed by atoms with Gasteiger partial charge in [-0.1, -0.05) is 6.08 Å². The molecule has 0 radical (unpaired) electrons. The van der Waals surface area contributed by atoms with E-state index in [0.717, 1.165) is 32.2 Å². The van der Waals surface area contributed by atoms with Gasteiger partial charge in [-0.25, -0.2) is 4.98 Å². The molecule has 0 aromatic carbocycles. The van der Waals surface area contributed by atoms with Crippen LogP contribution < -0.4 is 5.32 Å². The maximum atomic E-state index is 5.93. The minimum atomic E-state index is 0.267. The largest absolute Gasteiger partial charge is 0.373 e. The first-order valence-corrected chi connectivity index (χ1v) is 7.08. The Labute approximate surface area is 114 Å². The van der Waals surface area contributed by atoms with Gasteiger partial charge in [0.15, 0.2) is 0 Å². The summed E-state index contributed by atoms with van der Waals surface area (Å²) in [5.74, 6) is 0.895. The van der Waals surface area contributed by atoms with E-state index in [9.17, 15) is 0 Å². The first-order chi connectivity index (χ1) is 9.36. The van der Waals surface area contributed by atoms with Gasteiger partial charge in [0.2, 0.25) is 5.95 Å². The molecule has 3 heterocycles. The summed E-state index contributed by atoms with van der Waals surface area (Å²) < 4.78 is 7.98. The zero-order chi connectivity index (χ0) is 13.1. The maximum absolute atomic E-state index is 5.93. The van der Waals surface area contributed by atoms with Gasteiger partial charge in [0.05, 0.1) is 12.7 Å². The van der Waals surface area contributed by atoms with Crippen LogP contribution in [0.1, 0.15) is 12.8 Å². The van der Waals surface area contributed by atoms with Gasteiger partial charge < -0.3 is 14.6 Å². The Morgan fingerprint density at radius 2 is 2.53 bits per heavy atom. The number of nitrogens with zero attached hydrogens (tertiary/aromatic N) is 3. The smallest absolute Gasteiger partial charge is 0.203 e. The van der Waals surface area contributed by atoms with Crippen LogP contribution in [0.25, 0.3) is 0 Å². The summed E-state index contributed by atoms with van der Waals surface area (Å²) in [6.07, 6.45) is 8.52. The van der Waals surface area contributed by atoms with E-state index in [1.54, 1.807) is 0 Å². The quantitative estimate of drug-likeness (QED) is 0.813. The molecule has 2 aliphatic heterocycles. The third-order valence-electron chi connectivity index (χ3n) is 3.99. The Balaban J connectivity index is 1.51. The number of fused-ring (bicyclic) bond motifs is 1. The van der Waals surface area contributed by atoms with Crippen molar-refractivity contribution in [2.45, 2.75) is 31.5 Å². The Kier molecular flexibility index (Phi) is 3.84. The summed E-state index contributed by atoms with van der Waals surface area (Å²) in [5.41, 5.74) is 0. The van der Waals surface area contributed by atoms with Crippen LogP contribution >= 0.6 is 0 Å². The number of anilines is 1. The van der Waals surface area contributed by atoms with Gasteiger partial charge >= 0.3 is 0 Å². The molecule has 5 nitrogen and oxygen atoms in total. The molecule has 2 unspecified atom stereocenters. The van der Waals surface area contributed by atoms with Crippen molar-refractivity contribution in [3.05, 3.63) is 25.0 Å². The zero-order valence-electron chi connectivity index (χ0n) is 11.3. The van der Waals surface area contributed by atoms with Crippen LogP contribution in [0.5, 0.6) is 0 Å². The van der Waals surface area contributed by atoms with Crippen molar-refractivity contribution in [2.75, 3.05) is 31.6 Å². The van der Waals surface area contributed by atoms with E-state index >= 15 is 0 Å². The molecule has 19 heavy (non-hydrogen) atoms. The predicted molar refractivity (Wildman–Crippen MR) is 75.2 cm³/mol. The predicted octanol–water partition coefficient (Wildman–Crippen LogP) is 1.34. The molecule has 1 aromatic rings. The minimum Gasteiger partial charge on any atom is -0.373 e. The molecule has 0 amide bonds. The van der Waals surface area contributed by atoms with Gasteiger partial charge in [-0.2, -0.15) is 0 Å². The van der Waals surface area contributed by atoms with E-state index in [1.165, 1.54) is 19.4 Å². The lowest BCUT2D eigenvalue weighted by Crippen LogP contribution is -2.48. The van der Waals surface area contributed by atoms with Gasteiger partial charge in [0.1, 0.15) is 0 Å². The number of allylic oxidation sites excluding steroid dienone is 1. The Morgan fingerprint density at radius 1 is 1.58 bits per heavy atom. The lowest BCUT2D eigenvalue weighted by molar-refractivity contribution is -0.0416. The molecule has 2 fully saturated rings. The number of rotatable bonds is 5. The third-order valence-corrected chi connectivity index (χ3v) is 3.99. The van der Waals surface area contributed by atoms with Crippen LogP contribution in [0.3, 0.4) is 0 Å². The van der Waals surface area contributed by atoms with Gasteiger partial charge in [0.25, 0.3) is 0 Å². The summed E-state index contributed by atoms with van der Waals surface area (Å²) in [4.78, 5) is 6.88. The van der Waals surface area contributed by atoms with Crippen LogP contribution in [0.15, 0.2) is 25.0 Å². The summed E-state index contributed by atoms with van der Waals surface area (Å²) in [5, 5.41) is 3.38. The van der Waals surface area contributed by atoms with Crippen molar-refractivity contribution < 1.29 is 4.74 Å². The number of aromatic nitrogens is 2. The first kappa shape index (κ1) is 12.7. The molecule has 1 N–H and O–H groups in total. The average Bonchev–Trinajstić information content (AvgIpc) is 3.05. The van der Waals surface area contributed by atoms with Crippen molar-refractivity contribution in [3.8, 4) is 0 Å². The Morgan fingerprint density at radius 3 is 3.42 bits per heavy atom. The number of morpholine rings is 1. The van der Waals surface area contributed by atoms with E-state index in [2.05, 4.69) is 26.3 Å². The lowest BCUT2D eigenvalue weighted by Gasteiger charge is -2.35. The van der Waals surface area contributed by atoms with Crippen LogP contribution in [-0.4, -0.2) is 52.8 Å². The molecule has 0 spiro atoms. The van der Waals surface area contributed by atoms with Gasteiger partial charge in [0, 0.05) is 38.1 Å². The fourth-order valence-corrected chi connectivity index (χ4v) is 2.98. The monoisotopic (exact) mass is 262 g/mol. The van der Waals surface area contributed by atoms with Crippen LogP contribution in [0, 0.1) is 0 Å². The van der Waals surface area contributed by atoms with E-state index in [4.69, 9.17) is 4.74 Å². The minimum absolute atomic E-state index is 0.267. The van der Waals surface area contributed by atoms with Crippen molar-refractivity contribution in [3.63, 3.8) is 0 Å². The summed E-state index contributed by atoms with van der Waals surface area (Å²) >= 11 is 0. The van der Waals surface area contributed by atoms with E-state index < -0.39 is 0 Å². The summed E-state index contributed by atoms with van der Waals surface area (Å²) in [6, 6.07) is 0.666. The molecule has 2 atom stereocenters. The van der Waals surface area contributed by atoms with Gasteiger partial charge in [-0.3, -0.25) is 4.90 Å². The second-order valence-corrected chi connectivity index (χ2v) is 5.32. The van der Waals surface area contributed by atoms with Crippen molar-refractivity contribution in [2.24, 2.45) is 0 Å². The zero-order valence-corrected chi connectivity index (χ0v) is 11.3. The Bertz CT molecular complexity index is 431. The Hall–Kier alpha value is -1.33.